The molecule has 122 valence electrons. The van der Waals surface area contributed by atoms with Crippen LogP contribution in [0.1, 0.15) is 23.5 Å². The molecule has 0 saturated carbocycles. The van der Waals surface area contributed by atoms with Crippen molar-refractivity contribution in [3.8, 4) is 0 Å². The number of nitrogens with zero attached hydrogens (tertiary/aromatic N) is 2. The van der Waals surface area contributed by atoms with Crippen LogP contribution < -0.4 is 0 Å². The Morgan fingerprint density at radius 1 is 0.917 bits per heavy atom. The SMILES string of the molecule is Fc1ccc(C(C2=CSC3=NCCCN23)c2ccc(F)cc2)cc1. The number of amidine groups is 1. The number of halogens is 2. The molecular weight excluding hydrogens is 326 g/mol. The number of thioether (sulfide) groups is 1. The van der Waals surface area contributed by atoms with Crippen LogP contribution >= 0.6 is 11.8 Å². The summed E-state index contributed by atoms with van der Waals surface area (Å²) in [4.78, 5) is 6.80. The predicted molar refractivity (Wildman–Crippen MR) is 93.9 cm³/mol. The highest BCUT2D eigenvalue weighted by Gasteiger charge is 2.31. The number of rotatable bonds is 3. The Labute approximate surface area is 143 Å². The van der Waals surface area contributed by atoms with E-state index in [1.54, 1.807) is 36.0 Å². The van der Waals surface area contributed by atoms with Gasteiger partial charge in [-0.2, -0.15) is 0 Å². The van der Waals surface area contributed by atoms with Gasteiger partial charge >= 0.3 is 0 Å². The zero-order chi connectivity index (χ0) is 16.5. The molecule has 2 aliphatic rings. The normalized spacial score (nSPS) is 16.9. The van der Waals surface area contributed by atoms with Gasteiger partial charge in [0, 0.05) is 24.7 Å². The molecule has 2 aromatic rings. The molecule has 2 nitrogen and oxygen atoms in total. The van der Waals surface area contributed by atoms with Crippen molar-refractivity contribution < 1.29 is 8.78 Å². The molecule has 0 spiro atoms. The first kappa shape index (κ1) is 15.4. The van der Waals surface area contributed by atoms with Crippen LogP contribution in [0.2, 0.25) is 0 Å². The van der Waals surface area contributed by atoms with Crippen LogP contribution in [0, 0.1) is 11.6 Å². The monoisotopic (exact) mass is 342 g/mol. The van der Waals surface area contributed by atoms with E-state index in [4.69, 9.17) is 0 Å². The maximum atomic E-state index is 13.4. The highest BCUT2D eigenvalue weighted by Crippen LogP contribution is 2.41. The summed E-state index contributed by atoms with van der Waals surface area (Å²) < 4.78 is 26.7. The lowest BCUT2D eigenvalue weighted by molar-refractivity contribution is 0.465. The van der Waals surface area contributed by atoms with Crippen LogP contribution in [0.25, 0.3) is 0 Å². The van der Waals surface area contributed by atoms with Crippen LogP contribution in [0.3, 0.4) is 0 Å². The van der Waals surface area contributed by atoms with E-state index in [0.717, 1.165) is 41.5 Å². The molecule has 2 aromatic carbocycles. The van der Waals surface area contributed by atoms with Crippen molar-refractivity contribution in [2.75, 3.05) is 13.1 Å². The van der Waals surface area contributed by atoms with E-state index >= 15 is 0 Å². The Morgan fingerprint density at radius 2 is 1.50 bits per heavy atom. The number of fused-ring (bicyclic) bond motifs is 1. The van der Waals surface area contributed by atoms with Gasteiger partial charge in [0.25, 0.3) is 0 Å². The summed E-state index contributed by atoms with van der Waals surface area (Å²) in [5.74, 6) is -0.581. The number of hydrogen-bond donors (Lipinski definition) is 0. The topological polar surface area (TPSA) is 15.6 Å². The van der Waals surface area contributed by atoms with E-state index < -0.39 is 0 Å². The van der Waals surface area contributed by atoms with Crippen molar-refractivity contribution in [3.63, 3.8) is 0 Å². The Bertz CT molecular complexity index is 752. The average molecular weight is 342 g/mol. The summed E-state index contributed by atoms with van der Waals surface area (Å²) >= 11 is 1.62. The van der Waals surface area contributed by atoms with Gasteiger partial charge in [0.05, 0.1) is 0 Å². The van der Waals surface area contributed by atoms with Crippen molar-refractivity contribution in [1.29, 1.82) is 0 Å². The molecule has 4 rings (SSSR count). The average Bonchev–Trinajstić information content (AvgIpc) is 3.03. The van der Waals surface area contributed by atoms with E-state index in [1.807, 2.05) is 0 Å². The van der Waals surface area contributed by atoms with E-state index in [-0.39, 0.29) is 17.6 Å². The lowest BCUT2D eigenvalue weighted by Gasteiger charge is -2.30. The zero-order valence-electron chi connectivity index (χ0n) is 13.0. The summed E-state index contributed by atoms with van der Waals surface area (Å²) in [7, 11) is 0. The van der Waals surface area contributed by atoms with Crippen LogP contribution in [-0.2, 0) is 0 Å². The zero-order valence-corrected chi connectivity index (χ0v) is 13.8. The quantitative estimate of drug-likeness (QED) is 0.800. The third-order valence-electron chi connectivity index (χ3n) is 4.32. The Hall–Kier alpha value is -2.14. The minimum absolute atomic E-state index is 0.0653. The molecule has 0 unspecified atom stereocenters. The van der Waals surface area contributed by atoms with E-state index in [2.05, 4.69) is 15.3 Å². The summed E-state index contributed by atoms with van der Waals surface area (Å²) in [5, 5.41) is 3.13. The first-order chi connectivity index (χ1) is 11.7. The van der Waals surface area contributed by atoms with Gasteiger partial charge in [0.2, 0.25) is 0 Å². The van der Waals surface area contributed by atoms with Crippen LogP contribution in [0.5, 0.6) is 0 Å². The smallest absolute Gasteiger partial charge is 0.167 e. The molecule has 2 heterocycles. The van der Waals surface area contributed by atoms with E-state index in [9.17, 15) is 8.78 Å². The van der Waals surface area contributed by atoms with Crippen LogP contribution in [0.4, 0.5) is 8.78 Å². The van der Waals surface area contributed by atoms with Crippen LogP contribution in [-0.4, -0.2) is 23.2 Å². The first-order valence-corrected chi connectivity index (χ1v) is 8.80. The highest BCUT2D eigenvalue weighted by atomic mass is 32.2. The van der Waals surface area contributed by atoms with Crippen molar-refractivity contribution in [2.45, 2.75) is 12.3 Å². The van der Waals surface area contributed by atoms with Crippen molar-refractivity contribution in [3.05, 3.63) is 82.4 Å². The molecule has 24 heavy (non-hydrogen) atoms. The van der Waals surface area contributed by atoms with Gasteiger partial charge in [0.15, 0.2) is 5.17 Å². The van der Waals surface area contributed by atoms with Crippen molar-refractivity contribution in [2.24, 2.45) is 4.99 Å². The molecule has 0 bridgehead atoms. The highest BCUT2D eigenvalue weighted by molar-refractivity contribution is 8.16. The lowest BCUT2D eigenvalue weighted by atomic mass is 9.88. The van der Waals surface area contributed by atoms with Gasteiger partial charge < -0.3 is 4.90 Å². The summed E-state index contributed by atoms with van der Waals surface area (Å²) in [6.45, 7) is 1.79. The predicted octanol–water partition coefficient (Wildman–Crippen LogP) is 4.75. The molecule has 2 aliphatic heterocycles. The molecular formula is C19H16F2N2S. The summed E-state index contributed by atoms with van der Waals surface area (Å²) in [6.07, 6.45) is 1.01. The fourth-order valence-corrected chi connectivity index (χ4v) is 4.15. The summed E-state index contributed by atoms with van der Waals surface area (Å²) in [5.41, 5.74) is 3.10. The van der Waals surface area contributed by atoms with E-state index in [1.165, 1.54) is 24.3 Å². The molecule has 0 aromatic heterocycles. The molecule has 0 N–H and O–H groups in total. The largest absolute Gasteiger partial charge is 0.323 e. The van der Waals surface area contributed by atoms with Gasteiger partial charge in [0.1, 0.15) is 11.6 Å². The molecule has 0 atom stereocenters. The van der Waals surface area contributed by atoms with Gasteiger partial charge in [-0.25, -0.2) is 8.78 Å². The van der Waals surface area contributed by atoms with Crippen LogP contribution in [0.15, 0.2) is 64.6 Å². The third kappa shape index (κ3) is 2.84. The Morgan fingerprint density at radius 3 is 2.08 bits per heavy atom. The maximum Gasteiger partial charge on any atom is 0.167 e. The van der Waals surface area contributed by atoms with Gasteiger partial charge in [-0.15, -0.1) is 0 Å². The molecule has 0 amide bonds. The standard InChI is InChI=1S/C19H16F2N2S/c20-15-6-2-13(3-7-15)18(14-4-8-16(21)9-5-14)17-12-24-19-22-10-1-11-23(17)19/h2-9,12,18H,1,10-11H2. The number of benzene rings is 2. The number of hydrogen-bond acceptors (Lipinski definition) is 3. The fourth-order valence-electron chi connectivity index (χ4n) is 3.17. The second-order valence-electron chi connectivity index (χ2n) is 5.87. The maximum absolute atomic E-state index is 13.4. The Kier molecular flexibility index (Phi) is 4.10. The first-order valence-electron chi connectivity index (χ1n) is 7.92. The number of aliphatic imine (C=N–C) groups is 1. The van der Waals surface area contributed by atoms with Crippen molar-refractivity contribution in [1.82, 2.24) is 4.90 Å². The second-order valence-corrected chi connectivity index (χ2v) is 6.70. The third-order valence-corrected chi connectivity index (χ3v) is 5.24. The fraction of sp³-hybridized carbons (Fsp3) is 0.211. The number of allylic oxidation sites excluding steroid dienone is 1. The van der Waals surface area contributed by atoms with Gasteiger partial charge in [-0.3, -0.25) is 4.99 Å². The Balaban J connectivity index is 1.78. The molecule has 0 aliphatic carbocycles. The lowest BCUT2D eigenvalue weighted by Crippen LogP contribution is -2.32. The molecule has 0 fully saturated rings. The molecule has 5 heteroatoms. The molecule has 0 saturated heterocycles. The molecule has 0 radical (unpaired) electrons. The minimum Gasteiger partial charge on any atom is -0.323 e. The van der Waals surface area contributed by atoms with Gasteiger partial charge in [-0.05, 0) is 47.2 Å². The van der Waals surface area contributed by atoms with E-state index in [0.29, 0.717) is 0 Å². The second kappa shape index (κ2) is 6.40. The minimum atomic E-state index is -0.258. The van der Waals surface area contributed by atoms with Gasteiger partial charge in [-0.1, -0.05) is 36.0 Å². The summed E-state index contributed by atoms with van der Waals surface area (Å²) in [6, 6.07) is 13.1. The van der Waals surface area contributed by atoms with Crippen molar-refractivity contribution >= 4 is 16.9 Å².